The van der Waals surface area contributed by atoms with E-state index in [1.807, 2.05) is 19.9 Å². The Labute approximate surface area is 219 Å². The fourth-order valence-corrected chi connectivity index (χ4v) is 5.31. The van der Waals surface area contributed by atoms with Crippen molar-refractivity contribution in [3.8, 4) is 5.75 Å². The summed E-state index contributed by atoms with van der Waals surface area (Å²) in [6.45, 7) is 4.52. The van der Waals surface area contributed by atoms with E-state index < -0.39 is 29.5 Å². The molecule has 0 bridgehead atoms. The quantitative estimate of drug-likeness (QED) is 0.473. The molecule has 2 unspecified atom stereocenters. The molecule has 2 aliphatic heterocycles. The Morgan fingerprint density at radius 3 is 2.53 bits per heavy atom. The van der Waals surface area contributed by atoms with Crippen LogP contribution in [0.1, 0.15) is 31.4 Å². The molecule has 0 radical (unpaired) electrons. The second kappa shape index (κ2) is 9.81. The first-order chi connectivity index (χ1) is 18.2. The van der Waals surface area contributed by atoms with Crippen LogP contribution in [0.25, 0.3) is 0 Å². The Morgan fingerprint density at radius 1 is 1.08 bits per heavy atom. The van der Waals surface area contributed by atoms with Crippen molar-refractivity contribution in [1.29, 1.82) is 0 Å². The average molecular weight is 520 g/mol. The first-order valence-corrected chi connectivity index (χ1v) is 12.6. The molecule has 2 heterocycles. The molecular weight excluding hydrogens is 490 g/mol. The summed E-state index contributed by atoms with van der Waals surface area (Å²) in [6.07, 6.45) is -0.458. The number of para-hydroxylation sites is 2. The van der Waals surface area contributed by atoms with Crippen LogP contribution in [0.5, 0.6) is 5.75 Å². The number of imide groups is 1. The van der Waals surface area contributed by atoms with Crippen molar-refractivity contribution in [2.75, 3.05) is 29.9 Å². The lowest BCUT2D eigenvalue weighted by Gasteiger charge is -2.34. The number of nitrogens with one attached hydrogen (secondary N) is 3. The van der Waals surface area contributed by atoms with Gasteiger partial charge >= 0.3 is 6.03 Å². The predicted octanol–water partition coefficient (Wildman–Crippen LogP) is 1.35. The maximum Gasteiger partial charge on any atom is 0.322 e. The SMILES string of the molecule is CCN(CC)C(=O)CC1Oc2ccccc2N(CC(=O)Nc2ccc3c(c2)CC2(C3)NC(=O)NC2=O)C1=O. The molecule has 1 saturated heterocycles. The number of carbonyl (C=O) groups excluding carboxylic acids is 5. The number of fused-ring (bicyclic) bond motifs is 2. The van der Waals surface area contributed by atoms with Gasteiger partial charge in [0.15, 0.2) is 6.10 Å². The number of nitrogens with zero attached hydrogens (tertiary/aromatic N) is 2. The molecule has 5 rings (SSSR count). The van der Waals surface area contributed by atoms with Gasteiger partial charge in [-0.25, -0.2) is 4.79 Å². The van der Waals surface area contributed by atoms with Gasteiger partial charge in [0, 0.05) is 31.6 Å². The molecule has 2 atom stereocenters. The maximum atomic E-state index is 13.3. The zero-order valence-electron chi connectivity index (χ0n) is 21.2. The van der Waals surface area contributed by atoms with E-state index in [1.54, 1.807) is 41.3 Å². The summed E-state index contributed by atoms with van der Waals surface area (Å²) in [5, 5.41) is 7.83. The maximum absolute atomic E-state index is 13.3. The highest BCUT2D eigenvalue weighted by Crippen LogP contribution is 2.36. The van der Waals surface area contributed by atoms with Crippen molar-refractivity contribution in [3.05, 3.63) is 53.6 Å². The van der Waals surface area contributed by atoms with Crippen LogP contribution in [0, 0.1) is 0 Å². The highest BCUT2D eigenvalue weighted by molar-refractivity contribution is 6.08. The van der Waals surface area contributed by atoms with Crippen LogP contribution in [-0.2, 0) is 32.0 Å². The Balaban J connectivity index is 1.30. The van der Waals surface area contributed by atoms with Crippen molar-refractivity contribution < 1.29 is 28.7 Å². The predicted molar refractivity (Wildman–Crippen MR) is 138 cm³/mol. The van der Waals surface area contributed by atoms with E-state index in [2.05, 4.69) is 16.0 Å². The molecule has 198 valence electrons. The number of carbonyl (C=O) groups is 5. The van der Waals surface area contributed by atoms with Crippen molar-refractivity contribution in [3.63, 3.8) is 0 Å². The van der Waals surface area contributed by atoms with Gasteiger partial charge in [-0.2, -0.15) is 0 Å². The Morgan fingerprint density at radius 2 is 1.82 bits per heavy atom. The number of rotatable bonds is 7. The summed E-state index contributed by atoms with van der Waals surface area (Å²) in [5.74, 6) is -1.01. The van der Waals surface area contributed by atoms with Crippen LogP contribution in [-0.4, -0.2) is 65.8 Å². The molecule has 6 amide bonds. The van der Waals surface area contributed by atoms with Crippen LogP contribution in [0.3, 0.4) is 0 Å². The molecule has 0 aromatic heterocycles. The van der Waals surface area contributed by atoms with E-state index in [4.69, 9.17) is 4.74 Å². The summed E-state index contributed by atoms with van der Waals surface area (Å²) in [6, 6.07) is 11.7. The van der Waals surface area contributed by atoms with Gasteiger partial charge in [0.05, 0.1) is 12.1 Å². The molecule has 11 nitrogen and oxygen atoms in total. The van der Waals surface area contributed by atoms with E-state index in [9.17, 15) is 24.0 Å². The third-order valence-electron chi connectivity index (χ3n) is 7.23. The lowest BCUT2D eigenvalue weighted by molar-refractivity contribution is -0.138. The first-order valence-electron chi connectivity index (χ1n) is 12.6. The monoisotopic (exact) mass is 519 g/mol. The molecule has 2 aromatic carbocycles. The van der Waals surface area contributed by atoms with Gasteiger partial charge in [-0.05, 0) is 49.2 Å². The normalized spacial score (nSPS) is 21.4. The molecule has 3 N–H and O–H groups in total. The molecule has 1 spiro atoms. The number of benzene rings is 2. The third-order valence-corrected chi connectivity index (χ3v) is 7.23. The van der Waals surface area contributed by atoms with Gasteiger partial charge in [0.2, 0.25) is 11.8 Å². The second-order valence-electron chi connectivity index (χ2n) is 9.64. The fourth-order valence-electron chi connectivity index (χ4n) is 5.31. The number of hydrogen-bond acceptors (Lipinski definition) is 6. The van der Waals surface area contributed by atoms with Crippen LogP contribution >= 0.6 is 0 Å². The number of anilines is 2. The lowest BCUT2D eigenvalue weighted by atomic mass is 9.96. The third kappa shape index (κ3) is 4.55. The van der Waals surface area contributed by atoms with E-state index in [0.717, 1.165) is 11.1 Å². The van der Waals surface area contributed by atoms with Gasteiger partial charge in [0.25, 0.3) is 11.8 Å². The minimum absolute atomic E-state index is 0.121. The summed E-state index contributed by atoms with van der Waals surface area (Å²) in [7, 11) is 0. The molecule has 1 aliphatic carbocycles. The van der Waals surface area contributed by atoms with E-state index in [0.29, 0.717) is 43.1 Å². The van der Waals surface area contributed by atoms with Gasteiger partial charge in [-0.3, -0.25) is 29.4 Å². The summed E-state index contributed by atoms with van der Waals surface area (Å²) in [5.41, 5.74) is 1.74. The highest BCUT2D eigenvalue weighted by Gasteiger charge is 2.50. The summed E-state index contributed by atoms with van der Waals surface area (Å²) >= 11 is 0. The van der Waals surface area contributed by atoms with Crippen LogP contribution in [0.4, 0.5) is 16.2 Å². The van der Waals surface area contributed by atoms with Crippen LogP contribution in [0.15, 0.2) is 42.5 Å². The number of ether oxygens (including phenoxy) is 1. The fraction of sp³-hybridized carbons (Fsp3) is 0.370. The molecule has 11 heteroatoms. The van der Waals surface area contributed by atoms with Gasteiger partial charge < -0.3 is 20.3 Å². The van der Waals surface area contributed by atoms with Gasteiger partial charge in [0.1, 0.15) is 17.8 Å². The van der Waals surface area contributed by atoms with Crippen molar-refractivity contribution >= 4 is 41.0 Å². The summed E-state index contributed by atoms with van der Waals surface area (Å²) < 4.78 is 5.86. The Kier molecular flexibility index (Phi) is 6.52. The minimum atomic E-state index is -1.03. The largest absolute Gasteiger partial charge is 0.478 e. The average Bonchev–Trinajstić information content (AvgIpc) is 3.38. The van der Waals surface area contributed by atoms with Crippen molar-refractivity contribution in [1.82, 2.24) is 15.5 Å². The van der Waals surface area contributed by atoms with Crippen molar-refractivity contribution in [2.24, 2.45) is 0 Å². The molecular formula is C27H29N5O6. The Hall–Kier alpha value is -4.41. The topological polar surface area (TPSA) is 137 Å². The molecule has 2 aromatic rings. The van der Waals surface area contributed by atoms with Gasteiger partial charge in [-0.15, -0.1) is 0 Å². The van der Waals surface area contributed by atoms with Gasteiger partial charge in [-0.1, -0.05) is 18.2 Å². The number of amides is 6. The van der Waals surface area contributed by atoms with E-state index >= 15 is 0 Å². The summed E-state index contributed by atoms with van der Waals surface area (Å²) in [4.78, 5) is 66.0. The van der Waals surface area contributed by atoms with E-state index in [1.165, 1.54) is 4.90 Å². The standard InChI is InChI=1S/C27H29N5O6/c1-3-31(4-2)23(34)12-21-24(35)32(19-7-5-6-8-20(19)38-21)15-22(33)28-18-10-9-16-13-27(14-17(16)11-18)25(36)29-26(37)30-27/h5-11,21H,3-4,12-15H2,1-2H3,(H,28,33)(H2,29,30,36,37). The minimum Gasteiger partial charge on any atom is -0.478 e. The highest BCUT2D eigenvalue weighted by atomic mass is 16.5. The van der Waals surface area contributed by atoms with Crippen LogP contribution in [0.2, 0.25) is 0 Å². The lowest BCUT2D eigenvalue weighted by Crippen LogP contribution is -2.50. The van der Waals surface area contributed by atoms with Crippen molar-refractivity contribution in [2.45, 2.75) is 44.8 Å². The smallest absolute Gasteiger partial charge is 0.322 e. The molecule has 38 heavy (non-hydrogen) atoms. The zero-order chi connectivity index (χ0) is 27.0. The Bertz CT molecular complexity index is 1340. The van der Waals surface area contributed by atoms with E-state index in [-0.39, 0.29) is 24.8 Å². The first kappa shape index (κ1) is 25.2. The second-order valence-corrected chi connectivity index (χ2v) is 9.64. The molecule has 3 aliphatic rings. The molecule has 1 fully saturated rings. The zero-order valence-corrected chi connectivity index (χ0v) is 21.2. The number of hydrogen-bond donors (Lipinski definition) is 3. The number of urea groups is 1. The van der Waals surface area contributed by atoms with Crippen LogP contribution < -0.4 is 25.6 Å². The molecule has 0 saturated carbocycles.